The third kappa shape index (κ3) is 6.17. The first-order valence-electron chi connectivity index (χ1n) is 7.80. The fraction of sp³-hybridized carbons (Fsp3) is 0.750. The highest BCUT2D eigenvalue weighted by atomic mass is 79.9. The summed E-state index contributed by atoms with van der Waals surface area (Å²) in [4.78, 5) is 1.45. The Labute approximate surface area is 145 Å². The first-order chi connectivity index (χ1) is 9.62. The predicted molar refractivity (Wildman–Crippen MR) is 98.7 cm³/mol. The molecule has 0 saturated carbocycles. The Kier molecular flexibility index (Phi) is 9.67. The molecular weight excluding hydrogens is 398 g/mol. The third-order valence-electron chi connectivity index (χ3n) is 3.76. The van der Waals surface area contributed by atoms with Crippen molar-refractivity contribution in [3.63, 3.8) is 0 Å². The molecule has 116 valence electrons. The maximum atomic E-state index is 3.74. The van der Waals surface area contributed by atoms with Crippen LogP contribution < -0.4 is 5.32 Å². The van der Waals surface area contributed by atoms with E-state index >= 15 is 0 Å². The highest BCUT2D eigenvalue weighted by Crippen LogP contribution is 2.38. The first-order valence-corrected chi connectivity index (χ1v) is 10.2. The lowest BCUT2D eigenvalue weighted by Gasteiger charge is -2.23. The fourth-order valence-electron chi connectivity index (χ4n) is 2.47. The minimum atomic E-state index is 0.504. The van der Waals surface area contributed by atoms with Crippen LogP contribution in [0.4, 0.5) is 0 Å². The van der Waals surface area contributed by atoms with Gasteiger partial charge in [0.1, 0.15) is 0 Å². The van der Waals surface area contributed by atoms with Gasteiger partial charge in [0.15, 0.2) is 0 Å². The zero-order valence-corrected chi connectivity index (χ0v) is 16.8. The van der Waals surface area contributed by atoms with Crippen LogP contribution in [-0.4, -0.2) is 6.54 Å². The molecule has 2 unspecified atom stereocenters. The van der Waals surface area contributed by atoms with E-state index in [2.05, 4.69) is 64.0 Å². The number of halogens is 2. The second-order valence-corrected chi connectivity index (χ2v) is 8.69. The van der Waals surface area contributed by atoms with Crippen molar-refractivity contribution >= 4 is 43.2 Å². The van der Waals surface area contributed by atoms with Gasteiger partial charge >= 0.3 is 0 Å². The van der Waals surface area contributed by atoms with Crippen molar-refractivity contribution in [2.75, 3.05) is 6.54 Å². The summed E-state index contributed by atoms with van der Waals surface area (Å²) in [7, 11) is 0. The highest BCUT2D eigenvalue weighted by molar-refractivity contribution is 9.13. The highest BCUT2D eigenvalue weighted by Gasteiger charge is 2.19. The summed E-state index contributed by atoms with van der Waals surface area (Å²) in [6, 6.07) is 2.78. The van der Waals surface area contributed by atoms with Gasteiger partial charge in [-0.05, 0) is 63.2 Å². The standard InChI is InChI=1S/C16H27Br2NS/c1-4-7-8-12(6-3)10-14(19-9-5-2)15-11-13(17)16(18)20-15/h11-12,14,19H,4-10H2,1-3H3. The molecule has 0 fully saturated rings. The van der Waals surface area contributed by atoms with Crippen molar-refractivity contribution < 1.29 is 0 Å². The van der Waals surface area contributed by atoms with Crippen molar-refractivity contribution in [3.05, 3.63) is 19.2 Å². The molecule has 0 saturated heterocycles. The Balaban J connectivity index is 2.72. The molecule has 20 heavy (non-hydrogen) atoms. The molecule has 0 spiro atoms. The largest absolute Gasteiger partial charge is 0.309 e. The van der Waals surface area contributed by atoms with E-state index < -0.39 is 0 Å². The Hall–Kier alpha value is 0.620. The van der Waals surface area contributed by atoms with Crippen LogP contribution in [0.3, 0.4) is 0 Å². The van der Waals surface area contributed by atoms with E-state index in [-0.39, 0.29) is 0 Å². The summed E-state index contributed by atoms with van der Waals surface area (Å²) < 4.78 is 2.39. The Morgan fingerprint density at radius 3 is 2.45 bits per heavy atom. The number of unbranched alkanes of at least 4 members (excludes halogenated alkanes) is 1. The van der Waals surface area contributed by atoms with E-state index in [1.165, 1.54) is 51.7 Å². The normalized spacial score (nSPS) is 14.4. The SMILES string of the molecule is CCCCC(CC)CC(NCCC)c1cc(Br)c(Br)s1. The molecule has 1 aromatic rings. The van der Waals surface area contributed by atoms with E-state index in [1.807, 2.05) is 11.3 Å². The van der Waals surface area contributed by atoms with Gasteiger partial charge in [-0.15, -0.1) is 11.3 Å². The molecule has 0 radical (unpaired) electrons. The zero-order valence-electron chi connectivity index (χ0n) is 12.8. The molecule has 1 aromatic heterocycles. The second kappa shape index (κ2) is 10.4. The van der Waals surface area contributed by atoms with Gasteiger partial charge in [-0.2, -0.15) is 0 Å². The molecule has 0 aliphatic rings. The molecule has 2 atom stereocenters. The number of hydrogen-bond acceptors (Lipinski definition) is 2. The van der Waals surface area contributed by atoms with Crippen LogP contribution in [0.15, 0.2) is 14.3 Å². The number of thiophene rings is 1. The molecule has 0 amide bonds. The quantitative estimate of drug-likeness (QED) is 0.429. The predicted octanol–water partition coefficient (Wildman–Crippen LogP) is 6.92. The fourth-order valence-corrected chi connectivity index (χ4v) is 4.65. The lowest BCUT2D eigenvalue weighted by atomic mass is 9.91. The summed E-state index contributed by atoms with van der Waals surface area (Å²) in [5.41, 5.74) is 0. The van der Waals surface area contributed by atoms with Gasteiger partial charge in [-0.3, -0.25) is 0 Å². The van der Waals surface area contributed by atoms with Crippen molar-refractivity contribution in [1.82, 2.24) is 5.32 Å². The van der Waals surface area contributed by atoms with Crippen molar-refractivity contribution in [1.29, 1.82) is 0 Å². The summed E-state index contributed by atoms with van der Waals surface area (Å²) >= 11 is 9.09. The van der Waals surface area contributed by atoms with Gasteiger partial charge in [-0.25, -0.2) is 0 Å². The topological polar surface area (TPSA) is 12.0 Å². The van der Waals surface area contributed by atoms with Gasteiger partial charge in [0.25, 0.3) is 0 Å². The smallest absolute Gasteiger partial charge is 0.0843 e. The van der Waals surface area contributed by atoms with Gasteiger partial charge in [0.2, 0.25) is 0 Å². The van der Waals surface area contributed by atoms with Crippen LogP contribution in [-0.2, 0) is 0 Å². The molecule has 1 N–H and O–H groups in total. The van der Waals surface area contributed by atoms with Crippen molar-refractivity contribution in [3.8, 4) is 0 Å². The van der Waals surface area contributed by atoms with Gasteiger partial charge in [0.05, 0.1) is 3.79 Å². The summed E-state index contributed by atoms with van der Waals surface area (Å²) in [6.45, 7) is 7.95. The molecule has 4 heteroatoms. The molecule has 0 aliphatic carbocycles. The van der Waals surface area contributed by atoms with Crippen LogP contribution in [0.2, 0.25) is 0 Å². The molecule has 0 bridgehead atoms. The average molecular weight is 425 g/mol. The van der Waals surface area contributed by atoms with Gasteiger partial charge in [0, 0.05) is 15.4 Å². The number of rotatable bonds is 10. The van der Waals surface area contributed by atoms with Crippen LogP contribution in [0.1, 0.15) is 70.2 Å². The molecule has 1 nitrogen and oxygen atoms in total. The Morgan fingerprint density at radius 2 is 1.95 bits per heavy atom. The minimum absolute atomic E-state index is 0.504. The molecule has 1 heterocycles. The van der Waals surface area contributed by atoms with Gasteiger partial charge in [-0.1, -0.05) is 46.5 Å². The summed E-state index contributed by atoms with van der Waals surface area (Å²) in [5.74, 6) is 0.837. The van der Waals surface area contributed by atoms with Crippen LogP contribution >= 0.6 is 43.2 Å². The summed E-state index contributed by atoms with van der Waals surface area (Å²) in [5, 5.41) is 3.74. The Bertz CT molecular complexity index is 359. The summed E-state index contributed by atoms with van der Waals surface area (Å²) in [6.07, 6.45) is 7.77. The van der Waals surface area contributed by atoms with Gasteiger partial charge < -0.3 is 5.32 Å². The maximum Gasteiger partial charge on any atom is 0.0843 e. The molecule has 0 aliphatic heterocycles. The van der Waals surface area contributed by atoms with Crippen LogP contribution in [0.25, 0.3) is 0 Å². The maximum absolute atomic E-state index is 3.74. The van der Waals surface area contributed by atoms with Crippen LogP contribution in [0, 0.1) is 5.92 Å². The monoisotopic (exact) mass is 423 g/mol. The second-order valence-electron chi connectivity index (χ2n) is 5.43. The zero-order chi connectivity index (χ0) is 15.0. The van der Waals surface area contributed by atoms with E-state index in [9.17, 15) is 0 Å². The lowest BCUT2D eigenvalue weighted by Crippen LogP contribution is -2.23. The molecule has 1 rings (SSSR count). The van der Waals surface area contributed by atoms with E-state index in [4.69, 9.17) is 0 Å². The van der Waals surface area contributed by atoms with Crippen LogP contribution in [0.5, 0.6) is 0 Å². The average Bonchev–Trinajstić information content (AvgIpc) is 2.78. The number of hydrogen-bond donors (Lipinski definition) is 1. The minimum Gasteiger partial charge on any atom is -0.309 e. The number of nitrogens with one attached hydrogen (secondary N) is 1. The van der Waals surface area contributed by atoms with E-state index in [1.54, 1.807) is 0 Å². The first kappa shape index (κ1) is 18.7. The lowest BCUT2D eigenvalue weighted by molar-refractivity contribution is 0.356. The molecule has 0 aromatic carbocycles. The Morgan fingerprint density at radius 1 is 1.20 bits per heavy atom. The van der Waals surface area contributed by atoms with E-state index in [0.717, 1.165) is 12.5 Å². The van der Waals surface area contributed by atoms with Crippen molar-refractivity contribution in [2.45, 2.75) is 65.3 Å². The van der Waals surface area contributed by atoms with Crippen molar-refractivity contribution in [2.24, 2.45) is 5.92 Å². The third-order valence-corrected chi connectivity index (χ3v) is 7.13. The molecular formula is C16H27Br2NS. The van der Waals surface area contributed by atoms with E-state index in [0.29, 0.717) is 6.04 Å².